The molecule has 106 valence electrons. The summed E-state index contributed by atoms with van der Waals surface area (Å²) in [7, 11) is 0. The number of aliphatic hydroxyl groups is 1. The van der Waals surface area contributed by atoms with Gasteiger partial charge in [-0.05, 0) is 19.4 Å². The Morgan fingerprint density at radius 2 is 2.15 bits per heavy atom. The zero-order valence-corrected chi connectivity index (χ0v) is 11.1. The van der Waals surface area contributed by atoms with E-state index in [1.54, 1.807) is 25.1 Å². The quantitative estimate of drug-likeness (QED) is 0.564. The summed E-state index contributed by atoms with van der Waals surface area (Å²) >= 11 is 0. The normalized spacial score (nSPS) is 35.7. The van der Waals surface area contributed by atoms with Crippen LogP contribution in [0.3, 0.4) is 0 Å². The fraction of sp³-hybridized carbons (Fsp3) is 0.429. The molecule has 2 aliphatic heterocycles. The average Bonchev–Trinajstić information content (AvgIpc) is 2.84. The smallest absolute Gasteiger partial charge is 0.235 e. The van der Waals surface area contributed by atoms with Crippen molar-refractivity contribution in [2.75, 3.05) is 11.9 Å². The van der Waals surface area contributed by atoms with Gasteiger partial charge >= 0.3 is 0 Å². The van der Waals surface area contributed by atoms with E-state index in [2.05, 4.69) is 10.6 Å². The van der Waals surface area contributed by atoms with Gasteiger partial charge in [0.1, 0.15) is 5.60 Å². The molecule has 1 saturated heterocycles. The lowest BCUT2D eigenvalue weighted by Crippen LogP contribution is -2.56. The van der Waals surface area contributed by atoms with Crippen LogP contribution in [-0.4, -0.2) is 29.5 Å². The Balaban J connectivity index is 2.09. The van der Waals surface area contributed by atoms with Gasteiger partial charge < -0.3 is 21.5 Å². The van der Waals surface area contributed by atoms with Crippen LogP contribution in [0.4, 0.5) is 5.69 Å². The molecule has 1 fully saturated rings. The largest absolute Gasteiger partial charge is 0.384 e. The Morgan fingerprint density at radius 1 is 1.45 bits per heavy atom. The number of para-hydroxylation sites is 1. The highest BCUT2D eigenvalue weighted by molar-refractivity contribution is 6.01. The molecule has 20 heavy (non-hydrogen) atoms. The lowest BCUT2D eigenvalue weighted by Gasteiger charge is -2.45. The SMILES string of the molecule is CC1(O)c2ccccc2NC(=O)[C@@]12CN[C@H](C(N)=O)C2. The number of nitrogens with two attached hydrogens (primary N) is 1. The summed E-state index contributed by atoms with van der Waals surface area (Å²) in [6.45, 7) is 1.84. The van der Waals surface area contributed by atoms with Crippen LogP contribution in [-0.2, 0) is 15.2 Å². The third-order valence-corrected chi connectivity index (χ3v) is 4.61. The van der Waals surface area contributed by atoms with E-state index in [0.717, 1.165) is 0 Å². The van der Waals surface area contributed by atoms with E-state index in [-0.39, 0.29) is 18.9 Å². The maximum Gasteiger partial charge on any atom is 0.235 e. The van der Waals surface area contributed by atoms with Crippen molar-refractivity contribution in [2.45, 2.75) is 25.0 Å². The van der Waals surface area contributed by atoms with E-state index in [1.807, 2.05) is 6.07 Å². The van der Waals surface area contributed by atoms with Crippen molar-refractivity contribution >= 4 is 17.5 Å². The molecule has 3 rings (SSSR count). The van der Waals surface area contributed by atoms with E-state index < -0.39 is 23.0 Å². The minimum absolute atomic E-state index is 0.190. The third kappa shape index (κ3) is 1.52. The van der Waals surface area contributed by atoms with Gasteiger partial charge in [-0.1, -0.05) is 18.2 Å². The van der Waals surface area contributed by atoms with Gasteiger partial charge in [-0.2, -0.15) is 0 Å². The first kappa shape index (κ1) is 13.1. The highest BCUT2D eigenvalue weighted by atomic mass is 16.3. The molecule has 2 aliphatic rings. The van der Waals surface area contributed by atoms with Gasteiger partial charge in [0.15, 0.2) is 0 Å². The second kappa shape index (κ2) is 4.04. The van der Waals surface area contributed by atoms with Crippen molar-refractivity contribution in [1.82, 2.24) is 5.32 Å². The van der Waals surface area contributed by atoms with Gasteiger partial charge in [-0.15, -0.1) is 0 Å². The number of hydrogen-bond acceptors (Lipinski definition) is 4. The summed E-state index contributed by atoms with van der Waals surface area (Å²) < 4.78 is 0. The highest BCUT2D eigenvalue weighted by Crippen LogP contribution is 2.51. The molecule has 6 heteroatoms. The van der Waals surface area contributed by atoms with E-state index in [0.29, 0.717) is 11.3 Å². The molecule has 1 aromatic carbocycles. The van der Waals surface area contributed by atoms with Crippen molar-refractivity contribution < 1.29 is 14.7 Å². The molecular weight excluding hydrogens is 258 g/mol. The first-order valence-electron chi connectivity index (χ1n) is 6.54. The fourth-order valence-corrected chi connectivity index (χ4v) is 3.27. The monoisotopic (exact) mass is 275 g/mol. The average molecular weight is 275 g/mol. The summed E-state index contributed by atoms with van der Waals surface area (Å²) in [6, 6.07) is 6.55. The standard InChI is InChI=1S/C14H17N3O3/c1-13(20)8-4-2-3-5-9(8)17-12(19)14(13)6-10(11(15)18)16-7-14/h2-5,10,16,20H,6-7H2,1H3,(H2,15,18)(H,17,19)/t10-,13?,14+/m0/s1. The fourth-order valence-electron chi connectivity index (χ4n) is 3.27. The van der Waals surface area contributed by atoms with Gasteiger partial charge in [0, 0.05) is 17.8 Å². The van der Waals surface area contributed by atoms with Crippen LogP contribution in [0.25, 0.3) is 0 Å². The Bertz CT molecular complexity index is 599. The van der Waals surface area contributed by atoms with Gasteiger partial charge in [0.25, 0.3) is 0 Å². The maximum atomic E-state index is 12.5. The van der Waals surface area contributed by atoms with Crippen LogP contribution in [0.15, 0.2) is 24.3 Å². The van der Waals surface area contributed by atoms with Gasteiger partial charge in [0.2, 0.25) is 11.8 Å². The van der Waals surface area contributed by atoms with E-state index in [9.17, 15) is 14.7 Å². The number of anilines is 1. The molecule has 0 saturated carbocycles. The van der Waals surface area contributed by atoms with Gasteiger partial charge in [0.05, 0.1) is 11.5 Å². The van der Waals surface area contributed by atoms with Crippen molar-refractivity contribution in [2.24, 2.45) is 11.1 Å². The zero-order chi connectivity index (χ0) is 14.5. The van der Waals surface area contributed by atoms with Gasteiger partial charge in [-0.3, -0.25) is 9.59 Å². The molecule has 0 radical (unpaired) electrons. The van der Waals surface area contributed by atoms with E-state index in [4.69, 9.17) is 5.73 Å². The second-order valence-electron chi connectivity index (χ2n) is 5.69. The first-order chi connectivity index (χ1) is 9.38. The molecule has 2 heterocycles. The lowest BCUT2D eigenvalue weighted by molar-refractivity contribution is -0.144. The molecule has 1 unspecified atom stereocenters. The number of hydrogen-bond donors (Lipinski definition) is 4. The molecule has 0 aliphatic carbocycles. The van der Waals surface area contributed by atoms with Crippen LogP contribution in [0.5, 0.6) is 0 Å². The molecule has 0 aromatic heterocycles. The van der Waals surface area contributed by atoms with Crippen molar-refractivity contribution in [1.29, 1.82) is 0 Å². The van der Waals surface area contributed by atoms with E-state index >= 15 is 0 Å². The van der Waals surface area contributed by atoms with Gasteiger partial charge in [-0.25, -0.2) is 0 Å². The van der Waals surface area contributed by atoms with Crippen LogP contribution in [0.1, 0.15) is 18.9 Å². The zero-order valence-electron chi connectivity index (χ0n) is 11.1. The Hall–Kier alpha value is -1.92. The lowest BCUT2D eigenvalue weighted by atomic mass is 9.65. The molecule has 1 aromatic rings. The van der Waals surface area contributed by atoms with E-state index in [1.165, 1.54) is 0 Å². The number of nitrogens with one attached hydrogen (secondary N) is 2. The predicted octanol–water partition coefficient (Wildman–Crippen LogP) is -0.320. The molecular formula is C14H17N3O3. The third-order valence-electron chi connectivity index (χ3n) is 4.61. The Morgan fingerprint density at radius 3 is 2.80 bits per heavy atom. The molecule has 5 N–H and O–H groups in total. The molecule has 0 bridgehead atoms. The summed E-state index contributed by atoms with van der Waals surface area (Å²) in [6.07, 6.45) is 0.190. The predicted molar refractivity (Wildman–Crippen MR) is 72.7 cm³/mol. The van der Waals surface area contributed by atoms with Crippen molar-refractivity contribution in [3.63, 3.8) is 0 Å². The number of amides is 2. The first-order valence-corrected chi connectivity index (χ1v) is 6.54. The number of fused-ring (bicyclic) bond motifs is 1. The minimum atomic E-state index is -1.36. The summed E-state index contributed by atoms with van der Waals surface area (Å²) in [5.41, 5.74) is 4.13. The summed E-state index contributed by atoms with van der Waals surface area (Å²) in [5, 5.41) is 16.7. The van der Waals surface area contributed by atoms with Crippen molar-refractivity contribution in [3.8, 4) is 0 Å². The molecule has 1 spiro atoms. The van der Waals surface area contributed by atoms with Crippen molar-refractivity contribution in [3.05, 3.63) is 29.8 Å². The number of primary amides is 1. The number of carbonyl (C=O) groups excluding carboxylic acids is 2. The van der Waals surface area contributed by atoms with Crippen LogP contribution in [0.2, 0.25) is 0 Å². The Kier molecular flexibility index (Phi) is 2.64. The number of benzene rings is 1. The Labute approximate surface area is 116 Å². The second-order valence-corrected chi connectivity index (χ2v) is 5.69. The minimum Gasteiger partial charge on any atom is -0.384 e. The topological polar surface area (TPSA) is 104 Å². The molecule has 3 atom stereocenters. The van der Waals surface area contributed by atoms with Crippen LogP contribution < -0.4 is 16.4 Å². The number of carbonyl (C=O) groups is 2. The number of rotatable bonds is 1. The highest BCUT2D eigenvalue weighted by Gasteiger charge is 2.61. The van der Waals surface area contributed by atoms with Crippen LogP contribution >= 0.6 is 0 Å². The molecule has 6 nitrogen and oxygen atoms in total. The molecule has 2 amide bonds. The summed E-state index contributed by atoms with van der Waals surface area (Å²) in [4.78, 5) is 23.8. The van der Waals surface area contributed by atoms with Crippen LogP contribution in [0, 0.1) is 5.41 Å². The maximum absolute atomic E-state index is 12.5. The summed E-state index contributed by atoms with van der Waals surface area (Å²) in [5.74, 6) is -0.790.